The van der Waals surface area contributed by atoms with E-state index in [9.17, 15) is 8.42 Å². The summed E-state index contributed by atoms with van der Waals surface area (Å²) >= 11 is 0. The molecule has 0 bridgehead atoms. The second-order valence-corrected chi connectivity index (χ2v) is 8.83. The van der Waals surface area contributed by atoms with Crippen molar-refractivity contribution in [3.05, 3.63) is 60.7 Å². The van der Waals surface area contributed by atoms with Crippen LogP contribution < -0.4 is 4.74 Å². The molecule has 1 saturated heterocycles. The molecule has 29 heavy (non-hydrogen) atoms. The van der Waals surface area contributed by atoms with Gasteiger partial charge >= 0.3 is 6.01 Å². The largest absolute Gasteiger partial charge is 0.460 e. The SMILES string of the molecule is CCc1cnc(OC2CCN(S(=O)(=O)c3ccc(-n4cccn4)cc3)CC2)nc1. The molecule has 4 rings (SSSR count). The Balaban J connectivity index is 1.38. The Morgan fingerprint density at radius 2 is 1.79 bits per heavy atom. The van der Waals surface area contributed by atoms with E-state index in [4.69, 9.17) is 4.74 Å². The predicted molar refractivity (Wildman–Crippen MR) is 107 cm³/mol. The van der Waals surface area contributed by atoms with Gasteiger partial charge in [-0.05, 0) is 55.2 Å². The molecule has 3 aromatic rings. The van der Waals surface area contributed by atoms with E-state index in [1.165, 1.54) is 4.31 Å². The van der Waals surface area contributed by atoms with Crippen molar-refractivity contribution in [1.29, 1.82) is 0 Å². The molecule has 0 N–H and O–H groups in total. The van der Waals surface area contributed by atoms with Gasteiger partial charge in [-0.15, -0.1) is 0 Å². The fraction of sp³-hybridized carbons (Fsp3) is 0.350. The number of nitrogens with zero attached hydrogens (tertiary/aromatic N) is 5. The fourth-order valence-electron chi connectivity index (χ4n) is 3.27. The van der Waals surface area contributed by atoms with Crippen molar-refractivity contribution >= 4 is 10.0 Å². The molecule has 9 heteroatoms. The van der Waals surface area contributed by atoms with Gasteiger partial charge in [0, 0.05) is 37.9 Å². The highest BCUT2D eigenvalue weighted by atomic mass is 32.2. The molecule has 3 heterocycles. The lowest BCUT2D eigenvalue weighted by Gasteiger charge is -2.30. The lowest BCUT2D eigenvalue weighted by Crippen LogP contribution is -2.41. The normalized spacial score (nSPS) is 16.0. The number of sulfonamides is 1. The number of piperidine rings is 1. The summed E-state index contributed by atoms with van der Waals surface area (Å²) in [4.78, 5) is 8.72. The van der Waals surface area contributed by atoms with Crippen molar-refractivity contribution in [3.8, 4) is 11.7 Å². The van der Waals surface area contributed by atoms with Gasteiger partial charge in [0.1, 0.15) is 6.10 Å². The first-order valence-electron chi connectivity index (χ1n) is 9.64. The second-order valence-electron chi connectivity index (χ2n) is 6.89. The van der Waals surface area contributed by atoms with Crippen LogP contribution in [0.25, 0.3) is 5.69 Å². The van der Waals surface area contributed by atoms with Crippen molar-refractivity contribution in [3.63, 3.8) is 0 Å². The van der Waals surface area contributed by atoms with Gasteiger partial charge in [0.25, 0.3) is 0 Å². The van der Waals surface area contributed by atoms with Gasteiger partial charge in [-0.2, -0.15) is 9.40 Å². The number of aromatic nitrogens is 4. The minimum atomic E-state index is -3.54. The molecule has 152 valence electrons. The van der Waals surface area contributed by atoms with Crippen molar-refractivity contribution in [2.24, 2.45) is 0 Å². The van der Waals surface area contributed by atoms with E-state index in [1.807, 2.05) is 19.2 Å². The summed E-state index contributed by atoms with van der Waals surface area (Å²) in [5.74, 6) is 0. The van der Waals surface area contributed by atoms with Crippen molar-refractivity contribution in [2.75, 3.05) is 13.1 Å². The van der Waals surface area contributed by atoms with Crippen molar-refractivity contribution in [2.45, 2.75) is 37.2 Å². The third-order valence-corrected chi connectivity index (χ3v) is 6.92. The van der Waals surface area contributed by atoms with E-state index < -0.39 is 10.0 Å². The molecule has 0 atom stereocenters. The van der Waals surface area contributed by atoms with Crippen LogP contribution in [0.5, 0.6) is 6.01 Å². The van der Waals surface area contributed by atoms with Gasteiger partial charge in [0.15, 0.2) is 0 Å². The maximum atomic E-state index is 13.0. The summed E-state index contributed by atoms with van der Waals surface area (Å²) in [5.41, 5.74) is 1.87. The zero-order valence-electron chi connectivity index (χ0n) is 16.2. The van der Waals surface area contributed by atoms with E-state index in [0.717, 1.165) is 17.7 Å². The van der Waals surface area contributed by atoms with E-state index >= 15 is 0 Å². The minimum Gasteiger partial charge on any atom is -0.460 e. The van der Waals surface area contributed by atoms with Crippen LogP contribution in [0.2, 0.25) is 0 Å². The molecule has 0 saturated carbocycles. The molecule has 1 fully saturated rings. The number of aryl methyl sites for hydroxylation is 1. The van der Waals surface area contributed by atoms with E-state index in [2.05, 4.69) is 15.1 Å². The molecular formula is C20H23N5O3S. The van der Waals surface area contributed by atoms with Gasteiger partial charge in [0.2, 0.25) is 10.0 Å². The third-order valence-electron chi connectivity index (χ3n) is 5.01. The second kappa shape index (κ2) is 8.30. The van der Waals surface area contributed by atoms with Crippen LogP contribution >= 0.6 is 0 Å². The molecule has 1 aliphatic rings. The van der Waals surface area contributed by atoms with Gasteiger partial charge in [-0.25, -0.2) is 23.1 Å². The first kappa shape index (κ1) is 19.5. The maximum Gasteiger partial charge on any atom is 0.316 e. The highest BCUT2D eigenvalue weighted by Gasteiger charge is 2.30. The van der Waals surface area contributed by atoms with Gasteiger partial charge < -0.3 is 4.74 Å². The molecular weight excluding hydrogens is 390 g/mol. The van der Waals surface area contributed by atoms with E-state index in [1.54, 1.807) is 47.5 Å². The van der Waals surface area contributed by atoms with Crippen LogP contribution in [0.4, 0.5) is 0 Å². The summed E-state index contributed by atoms with van der Waals surface area (Å²) in [5, 5.41) is 4.15. The van der Waals surface area contributed by atoms with Crippen LogP contribution in [0.1, 0.15) is 25.3 Å². The number of benzene rings is 1. The molecule has 8 nitrogen and oxygen atoms in total. The topological polar surface area (TPSA) is 90.2 Å². The van der Waals surface area contributed by atoms with Crippen LogP contribution in [-0.2, 0) is 16.4 Å². The Morgan fingerprint density at radius 3 is 2.38 bits per heavy atom. The minimum absolute atomic E-state index is 0.0869. The molecule has 1 aliphatic heterocycles. The van der Waals surface area contributed by atoms with Crippen LogP contribution in [0.15, 0.2) is 60.0 Å². The number of ether oxygens (including phenoxy) is 1. The Kier molecular flexibility index (Phi) is 5.59. The zero-order chi connectivity index (χ0) is 20.3. The van der Waals surface area contributed by atoms with Gasteiger partial charge in [-0.3, -0.25) is 0 Å². The van der Waals surface area contributed by atoms with Crippen LogP contribution in [0, 0.1) is 0 Å². The first-order chi connectivity index (χ1) is 14.1. The number of rotatable bonds is 6. The zero-order valence-corrected chi connectivity index (χ0v) is 17.0. The summed E-state index contributed by atoms with van der Waals surface area (Å²) in [6, 6.07) is 8.92. The average Bonchev–Trinajstić information content (AvgIpc) is 3.30. The summed E-state index contributed by atoms with van der Waals surface area (Å²) < 4.78 is 34.9. The molecule has 0 unspecified atom stereocenters. The monoisotopic (exact) mass is 413 g/mol. The fourth-order valence-corrected chi connectivity index (χ4v) is 4.74. The average molecular weight is 414 g/mol. The molecule has 0 amide bonds. The van der Waals surface area contributed by atoms with Crippen molar-refractivity contribution < 1.29 is 13.2 Å². The molecule has 0 aliphatic carbocycles. The first-order valence-corrected chi connectivity index (χ1v) is 11.1. The lowest BCUT2D eigenvalue weighted by atomic mass is 10.1. The van der Waals surface area contributed by atoms with Crippen LogP contribution in [-0.4, -0.2) is 51.7 Å². The molecule has 1 aromatic carbocycles. The molecule has 0 radical (unpaired) electrons. The quantitative estimate of drug-likeness (QED) is 0.617. The summed E-state index contributed by atoms with van der Waals surface area (Å²) in [6.07, 6.45) is 9.00. The summed E-state index contributed by atoms with van der Waals surface area (Å²) in [7, 11) is -3.54. The molecule has 0 spiro atoms. The highest BCUT2D eigenvalue weighted by Crippen LogP contribution is 2.23. The standard InChI is InChI=1S/C20H23N5O3S/c1-2-16-14-21-20(22-15-16)28-18-8-12-24(13-9-18)29(26,27)19-6-4-17(5-7-19)25-11-3-10-23-25/h3-7,10-11,14-15,18H,2,8-9,12-13H2,1H3. The highest BCUT2D eigenvalue weighted by molar-refractivity contribution is 7.89. The number of hydrogen-bond donors (Lipinski definition) is 0. The Labute approximate surface area is 170 Å². The lowest BCUT2D eigenvalue weighted by molar-refractivity contribution is 0.124. The molecule has 2 aromatic heterocycles. The third kappa shape index (κ3) is 4.30. The Bertz CT molecular complexity index is 1030. The van der Waals surface area contributed by atoms with Crippen LogP contribution in [0.3, 0.4) is 0 Å². The van der Waals surface area contributed by atoms with E-state index in [0.29, 0.717) is 31.9 Å². The van der Waals surface area contributed by atoms with Gasteiger partial charge in [0.05, 0.1) is 10.6 Å². The smallest absolute Gasteiger partial charge is 0.316 e. The summed E-state index contributed by atoms with van der Waals surface area (Å²) in [6.45, 7) is 2.85. The van der Waals surface area contributed by atoms with Gasteiger partial charge in [-0.1, -0.05) is 6.92 Å². The maximum absolute atomic E-state index is 13.0. The predicted octanol–water partition coefficient (Wildman–Crippen LogP) is 2.46. The Hall–Kier alpha value is -2.78. The Morgan fingerprint density at radius 1 is 1.10 bits per heavy atom. The van der Waals surface area contributed by atoms with E-state index in [-0.39, 0.29) is 11.0 Å². The van der Waals surface area contributed by atoms with Crippen molar-refractivity contribution in [1.82, 2.24) is 24.1 Å². The number of hydrogen-bond acceptors (Lipinski definition) is 6.